The van der Waals surface area contributed by atoms with E-state index in [0.717, 1.165) is 0 Å². The first-order valence-electron chi connectivity index (χ1n) is 5.84. The molecule has 0 aromatic heterocycles. The molecule has 2 N–H and O–H groups in total. The molecular weight excluding hydrogens is 206 g/mol. The van der Waals surface area contributed by atoms with Gasteiger partial charge in [-0.05, 0) is 13.5 Å². The van der Waals surface area contributed by atoms with Crippen molar-refractivity contribution in [1.82, 2.24) is 15.5 Å². The van der Waals surface area contributed by atoms with Gasteiger partial charge in [0.05, 0.1) is 0 Å². The molecule has 0 saturated carbocycles. The lowest BCUT2D eigenvalue weighted by atomic mass is 10.1. The third-order valence-electron chi connectivity index (χ3n) is 2.93. The number of rotatable bonds is 4. The number of hydrogen-bond acceptors (Lipinski definition) is 3. The Labute approximate surface area is 96.6 Å². The second-order valence-electron chi connectivity index (χ2n) is 4.21. The molecule has 5 nitrogen and oxygen atoms in total. The summed E-state index contributed by atoms with van der Waals surface area (Å²) in [5.41, 5.74) is 0. The third kappa shape index (κ3) is 2.72. The Morgan fingerprint density at radius 3 is 2.94 bits per heavy atom. The van der Waals surface area contributed by atoms with Gasteiger partial charge in [0.2, 0.25) is 11.8 Å². The van der Waals surface area contributed by atoms with Crippen molar-refractivity contribution in [1.29, 1.82) is 0 Å². The van der Waals surface area contributed by atoms with Gasteiger partial charge in [-0.2, -0.15) is 0 Å². The standard InChI is InChI=1S/C11H21N3O2/c1-4-9-10(15)13-5-6-14(9)11(16)8(2)7-12-3/h8-9,12H,4-7H2,1-3H3,(H,13,15). The van der Waals surface area contributed by atoms with Gasteiger partial charge in [0.15, 0.2) is 0 Å². The Balaban J connectivity index is 2.68. The van der Waals surface area contributed by atoms with E-state index in [2.05, 4.69) is 10.6 Å². The molecule has 1 aliphatic heterocycles. The fourth-order valence-electron chi connectivity index (χ4n) is 2.06. The fourth-order valence-corrected chi connectivity index (χ4v) is 2.06. The maximum Gasteiger partial charge on any atom is 0.242 e. The fraction of sp³-hybridized carbons (Fsp3) is 0.818. The van der Waals surface area contributed by atoms with E-state index in [4.69, 9.17) is 0 Å². The molecule has 1 rings (SSSR count). The van der Waals surface area contributed by atoms with Crippen LogP contribution in [-0.2, 0) is 9.59 Å². The van der Waals surface area contributed by atoms with Crippen LogP contribution in [0.5, 0.6) is 0 Å². The summed E-state index contributed by atoms with van der Waals surface area (Å²) in [4.78, 5) is 25.4. The lowest BCUT2D eigenvalue weighted by Gasteiger charge is -2.36. The van der Waals surface area contributed by atoms with Crippen molar-refractivity contribution in [3.63, 3.8) is 0 Å². The van der Waals surface area contributed by atoms with Crippen molar-refractivity contribution in [2.45, 2.75) is 26.3 Å². The van der Waals surface area contributed by atoms with Gasteiger partial charge in [-0.3, -0.25) is 9.59 Å². The first-order chi connectivity index (χ1) is 7.61. The zero-order valence-corrected chi connectivity index (χ0v) is 10.2. The number of hydrogen-bond donors (Lipinski definition) is 2. The van der Waals surface area contributed by atoms with Crippen LogP contribution in [-0.4, -0.2) is 49.4 Å². The van der Waals surface area contributed by atoms with Crippen molar-refractivity contribution in [2.75, 3.05) is 26.7 Å². The second kappa shape index (κ2) is 5.84. The monoisotopic (exact) mass is 227 g/mol. The van der Waals surface area contributed by atoms with Gasteiger partial charge >= 0.3 is 0 Å². The normalized spacial score (nSPS) is 22.8. The largest absolute Gasteiger partial charge is 0.353 e. The minimum Gasteiger partial charge on any atom is -0.353 e. The lowest BCUT2D eigenvalue weighted by molar-refractivity contribution is -0.145. The predicted molar refractivity (Wildman–Crippen MR) is 61.9 cm³/mol. The molecule has 0 radical (unpaired) electrons. The highest BCUT2D eigenvalue weighted by Crippen LogP contribution is 2.12. The summed E-state index contributed by atoms with van der Waals surface area (Å²) in [6.45, 7) is 5.65. The maximum atomic E-state index is 12.1. The van der Waals surface area contributed by atoms with Gasteiger partial charge in [-0.25, -0.2) is 0 Å². The molecule has 92 valence electrons. The SMILES string of the molecule is CCC1C(=O)NCCN1C(=O)C(C)CNC. The molecule has 2 amide bonds. The van der Waals surface area contributed by atoms with E-state index in [1.54, 1.807) is 4.90 Å². The van der Waals surface area contributed by atoms with E-state index in [1.165, 1.54) is 0 Å². The summed E-state index contributed by atoms with van der Waals surface area (Å²) >= 11 is 0. The Morgan fingerprint density at radius 2 is 2.38 bits per heavy atom. The number of carbonyl (C=O) groups is 2. The molecule has 1 saturated heterocycles. The molecule has 16 heavy (non-hydrogen) atoms. The minimum absolute atomic E-state index is 0.0289. The zero-order valence-electron chi connectivity index (χ0n) is 10.2. The molecule has 0 aromatic rings. The van der Waals surface area contributed by atoms with Crippen LogP contribution >= 0.6 is 0 Å². The van der Waals surface area contributed by atoms with Gasteiger partial charge in [-0.1, -0.05) is 13.8 Å². The second-order valence-corrected chi connectivity index (χ2v) is 4.21. The number of carbonyl (C=O) groups excluding carboxylic acids is 2. The van der Waals surface area contributed by atoms with Crippen LogP contribution in [0.25, 0.3) is 0 Å². The highest BCUT2D eigenvalue weighted by Gasteiger charge is 2.33. The van der Waals surface area contributed by atoms with Crippen molar-refractivity contribution in [2.24, 2.45) is 5.92 Å². The molecule has 1 fully saturated rings. The molecule has 0 aromatic carbocycles. The maximum absolute atomic E-state index is 12.1. The highest BCUT2D eigenvalue weighted by molar-refractivity contribution is 5.89. The quantitative estimate of drug-likeness (QED) is 0.685. The van der Waals surface area contributed by atoms with Gasteiger partial charge in [-0.15, -0.1) is 0 Å². The van der Waals surface area contributed by atoms with E-state index in [-0.39, 0.29) is 23.8 Å². The van der Waals surface area contributed by atoms with E-state index in [1.807, 2.05) is 20.9 Å². The molecule has 2 atom stereocenters. The Hall–Kier alpha value is -1.10. The molecule has 0 bridgehead atoms. The Bertz CT molecular complexity index is 268. The summed E-state index contributed by atoms with van der Waals surface area (Å²) in [6, 6.07) is -0.291. The molecular formula is C11H21N3O2. The number of nitrogens with one attached hydrogen (secondary N) is 2. The van der Waals surface area contributed by atoms with E-state index < -0.39 is 0 Å². The average molecular weight is 227 g/mol. The van der Waals surface area contributed by atoms with Crippen molar-refractivity contribution < 1.29 is 9.59 Å². The van der Waals surface area contributed by atoms with Crippen LogP contribution in [0.2, 0.25) is 0 Å². The van der Waals surface area contributed by atoms with Crippen LogP contribution < -0.4 is 10.6 Å². The summed E-state index contributed by atoms with van der Waals surface area (Å²) < 4.78 is 0. The van der Waals surface area contributed by atoms with Crippen LogP contribution in [0.15, 0.2) is 0 Å². The van der Waals surface area contributed by atoms with Crippen molar-refractivity contribution >= 4 is 11.8 Å². The van der Waals surface area contributed by atoms with Crippen LogP contribution in [0.3, 0.4) is 0 Å². The summed E-state index contributed by atoms with van der Waals surface area (Å²) in [5, 5.41) is 5.77. The van der Waals surface area contributed by atoms with Crippen molar-refractivity contribution in [3.8, 4) is 0 Å². The Kier molecular flexibility index (Phi) is 4.73. The molecule has 2 unspecified atom stereocenters. The van der Waals surface area contributed by atoms with E-state index >= 15 is 0 Å². The highest BCUT2D eigenvalue weighted by atomic mass is 16.2. The molecule has 0 spiro atoms. The zero-order chi connectivity index (χ0) is 12.1. The lowest BCUT2D eigenvalue weighted by Crippen LogP contribution is -2.58. The first kappa shape index (κ1) is 13.0. The minimum atomic E-state index is -0.291. The number of piperazine rings is 1. The van der Waals surface area contributed by atoms with E-state index in [9.17, 15) is 9.59 Å². The van der Waals surface area contributed by atoms with E-state index in [0.29, 0.717) is 26.1 Å². The van der Waals surface area contributed by atoms with Crippen LogP contribution in [0.4, 0.5) is 0 Å². The summed E-state index contributed by atoms with van der Waals surface area (Å²) in [6.07, 6.45) is 0.670. The van der Waals surface area contributed by atoms with Crippen molar-refractivity contribution in [3.05, 3.63) is 0 Å². The van der Waals surface area contributed by atoms with Gasteiger partial charge in [0.1, 0.15) is 6.04 Å². The predicted octanol–water partition coefficient (Wildman–Crippen LogP) is -0.421. The van der Waals surface area contributed by atoms with Gasteiger partial charge in [0, 0.05) is 25.6 Å². The average Bonchev–Trinajstić information content (AvgIpc) is 2.28. The smallest absolute Gasteiger partial charge is 0.242 e. The molecule has 1 heterocycles. The van der Waals surface area contributed by atoms with Gasteiger partial charge < -0.3 is 15.5 Å². The molecule has 0 aliphatic carbocycles. The number of nitrogens with zero attached hydrogens (tertiary/aromatic N) is 1. The molecule has 1 aliphatic rings. The first-order valence-corrected chi connectivity index (χ1v) is 5.84. The summed E-state index contributed by atoms with van der Waals surface area (Å²) in [7, 11) is 1.82. The summed E-state index contributed by atoms with van der Waals surface area (Å²) in [5.74, 6) is -0.0419. The number of amides is 2. The molecule has 5 heteroatoms. The third-order valence-corrected chi connectivity index (χ3v) is 2.93. The van der Waals surface area contributed by atoms with Crippen LogP contribution in [0, 0.1) is 5.92 Å². The topological polar surface area (TPSA) is 61.4 Å². The van der Waals surface area contributed by atoms with Gasteiger partial charge in [0.25, 0.3) is 0 Å². The Morgan fingerprint density at radius 1 is 1.69 bits per heavy atom. The van der Waals surface area contributed by atoms with Crippen LogP contribution in [0.1, 0.15) is 20.3 Å².